The molecule has 18 heavy (non-hydrogen) atoms. The normalized spacial score (nSPS) is 24.6. The Bertz CT molecular complexity index is 570. The van der Waals surface area contributed by atoms with Crippen LogP contribution in [0.4, 0.5) is 0 Å². The van der Waals surface area contributed by atoms with Gasteiger partial charge in [0.1, 0.15) is 5.82 Å². The maximum absolute atomic E-state index is 9.62. The molecule has 1 aliphatic carbocycles. The number of aromatic nitrogens is 2. The number of hydrogen-bond donors (Lipinski definition) is 1. The van der Waals surface area contributed by atoms with Crippen LogP contribution in [0, 0.1) is 6.92 Å². The smallest absolute Gasteiger partial charge is 0.106 e. The molecule has 0 amide bonds. The second kappa shape index (κ2) is 4.67. The molecule has 3 nitrogen and oxygen atoms in total. The predicted octanol–water partition coefficient (Wildman–Crippen LogP) is 3.58. The van der Waals surface area contributed by atoms with Crippen LogP contribution in [-0.2, 0) is 0 Å². The second-order valence-electron chi connectivity index (χ2n) is 5.12. The Morgan fingerprint density at radius 1 is 1.28 bits per heavy atom. The summed E-state index contributed by atoms with van der Waals surface area (Å²) in [6, 6.07) is 6.71. The van der Waals surface area contributed by atoms with E-state index in [1.165, 1.54) is 5.52 Å². The van der Waals surface area contributed by atoms with Crippen molar-refractivity contribution in [1.29, 1.82) is 0 Å². The van der Waals surface area contributed by atoms with Gasteiger partial charge in [-0.1, -0.05) is 15.9 Å². The molecule has 0 unspecified atom stereocenters. The van der Waals surface area contributed by atoms with Gasteiger partial charge in [0.2, 0.25) is 0 Å². The first kappa shape index (κ1) is 12.2. The minimum atomic E-state index is -0.108. The number of imidazole rings is 1. The van der Waals surface area contributed by atoms with Crippen LogP contribution in [0.25, 0.3) is 11.0 Å². The number of nitrogens with zero attached hydrogens (tertiary/aromatic N) is 2. The van der Waals surface area contributed by atoms with Gasteiger partial charge in [0.05, 0.1) is 17.1 Å². The largest absolute Gasteiger partial charge is 0.393 e. The van der Waals surface area contributed by atoms with E-state index in [0.717, 1.165) is 41.5 Å². The van der Waals surface area contributed by atoms with Crippen LogP contribution in [0.3, 0.4) is 0 Å². The van der Waals surface area contributed by atoms with Gasteiger partial charge in [0, 0.05) is 10.5 Å². The number of halogens is 1. The van der Waals surface area contributed by atoms with Gasteiger partial charge in [-0.05, 0) is 50.8 Å². The third kappa shape index (κ3) is 2.08. The first-order valence-electron chi connectivity index (χ1n) is 6.47. The molecule has 0 saturated heterocycles. The molecule has 1 fully saturated rings. The quantitative estimate of drug-likeness (QED) is 0.874. The predicted molar refractivity (Wildman–Crippen MR) is 75.7 cm³/mol. The summed E-state index contributed by atoms with van der Waals surface area (Å²) in [6.45, 7) is 2.07. The zero-order valence-electron chi connectivity index (χ0n) is 10.4. The Labute approximate surface area is 115 Å². The van der Waals surface area contributed by atoms with E-state index < -0.39 is 0 Å². The standard InChI is InChI=1S/C14H17BrN2O/c1-9-16-13-7-2-10(15)8-14(13)17(9)11-3-5-12(18)6-4-11/h2,7-8,11-12,18H,3-6H2,1H3/t11-,12-. The Morgan fingerprint density at radius 3 is 2.72 bits per heavy atom. The lowest BCUT2D eigenvalue weighted by Crippen LogP contribution is -2.21. The lowest BCUT2D eigenvalue weighted by atomic mass is 9.93. The molecule has 4 heteroatoms. The fraction of sp³-hybridized carbons (Fsp3) is 0.500. The van der Waals surface area contributed by atoms with E-state index in [1.54, 1.807) is 0 Å². The molecule has 3 rings (SSSR count). The summed E-state index contributed by atoms with van der Waals surface area (Å²) in [5.74, 6) is 1.07. The Hall–Kier alpha value is -0.870. The van der Waals surface area contributed by atoms with Gasteiger partial charge in [0.15, 0.2) is 0 Å². The van der Waals surface area contributed by atoms with Gasteiger partial charge in [-0.15, -0.1) is 0 Å². The number of rotatable bonds is 1. The molecule has 1 aliphatic rings. The third-order valence-corrected chi connectivity index (χ3v) is 4.35. The summed E-state index contributed by atoms with van der Waals surface area (Å²) < 4.78 is 3.43. The van der Waals surface area contributed by atoms with Crippen molar-refractivity contribution in [3.63, 3.8) is 0 Å². The Balaban J connectivity index is 2.05. The van der Waals surface area contributed by atoms with Crippen LogP contribution in [0.15, 0.2) is 22.7 Å². The molecule has 96 valence electrons. The van der Waals surface area contributed by atoms with Crippen molar-refractivity contribution in [1.82, 2.24) is 9.55 Å². The van der Waals surface area contributed by atoms with Crippen LogP contribution in [0.2, 0.25) is 0 Å². The summed E-state index contributed by atoms with van der Waals surface area (Å²) in [5, 5.41) is 9.62. The van der Waals surface area contributed by atoms with Gasteiger partial charge < -0.3 is 9.67 Å². The number of benzene rings is 1. The van der Waals surface area contributed by atoms with Crippen molar-refractivity contribution in [3.8, 4) is 0 Å². The Kier molecular flexibility index (Phi) is 3.16. The van der Waals surface area contributed by atoms with E-state index in [0.29, 0.717) is 6.04 Å². The van der Waals surface area contributed by atoms with Crippen molar-refractivity contribution in [2.24, 2.45) is 0 Å². The van der Waals surface area contributed by atoms with E-state index in [-0.39, 0.29) is 6.10 Å². The lowest BCUT2D eigenvalue weighted by molar-refractivity contribution is 0.111. The van der Waals surface area contributed by atoms with E-state index in [1.807, 2.05) is 6.07 Å². The zero-order chi connectivity index (χ0) is 12.7. The van der Waals surface area contributed by atoms with Crippen molar-refractivity contribution < 1.29 is 5.11 Å². The first-order chi connectivity index (χ1) is 8.65. The number of hydrogen-bond acceptors (Lipinski definition) is 2. The van der Waals surface area contributed by atoms with E-state index in [9.17, 15) is 5.11 Å². The highest BCUT2D eigenvalue weighted by atomic mass is 79.9. The molecule has 1 N–H and O–H groups in total. The molecule has 0 spiro atoms. The van der Waals surface area contributed by atoms with Gasteiger partial charge in [-0.2, -0.15) is 0 Å². The minimum Gasteiger partial charge on any atom is -0.393 e. The van der Waals surface area contributed by atoms with Crippen LogP contribution in [0.5, 0.6) is 0 Å². The van der Waals surface area contributed by atoms with Gasteiger partial charge >= 0.3 is 0 Å². The fourth-order valence-corrected chi connectivity index (χ4v) is 3.31. The summed E-state index contributed by atoms with van der Waals surface area (Å²) >= 11 is 3.53. The molecule has 0 radical (unpaired) electrons. The number of aryl methyl sites for hydroxylation is 1. The van der Waals surface area contributed by atoms with Crippen molar-refractivity contribution in [3.05, 3.63) is 28.5 Å². The highest BCUT2D eigenvalue weighted by molar-refractivity contribution is 9.10. The molecule has 0 aliphatic heterocycles. The van der Waals surface area contributed by atoms with Crippen LogP contribution >= 0.6 is 15.9 Å². The highest BCUT2D eigenvalue weighted by Crippen LogP contribution is 2.33. The van der Waals surface area contributed by atoms with Crippen LogP contribution in [-0.4, -0.2) is 20.8 Å². The highest BCUT2D eigenvalue weighted by Gasteiger charge is 2.23. The zero-order valence-corrected chi connectivity index (χ0v) is 12.0. The van der Waals surface area contributed by atoms with E-state index >= 15 is 0 Å². The maximum Gasteiger partial charge on any atom is 0.106 e. The fourth-order valence-electron chi connectivity index (χ4n) is 2.96. The summed E-state index contributed by atoms with van der Waals surface area (Å²) in [6.07, 6.45) is 3.78. The Morgan fingerprint density at radius 2 is 2.00 bits per heavy atom. The van der Waals surface area contributed by atoms with Crippen molar-refractivity contribution in [2.45, 2.75) is 44.8 Å². The SMILES string of the molecule is Cc1nc2ccc(Br)cc2n1[C@H]1CC[C@H](O)CC1. The first-order valence-corrected chi connectivity index (χ1v) is 7.26. The third-order valence-electron chi connectivity index (χ3n) is 3.86. The lowest BCUT2D eigenvalue weighted by Gasteiger charge is -2.28. The van der Waals surface area contributed by atoms with Gasteiger partial charge in [-0.25, -0.2) is 4.98 Å². The second-order valence-corrected chi connectivity index (χ2v) is 6.04. The molecular weight excluding hydrogens is 292 g/mol. The molecule has 1 aromatic carbocycles. The van der Waals surface area contributed by atoms with Gasteiger partial charge in [-0.3, -0.25) is 0 Å². The topological polar surface area (TPSA) is 38.0 Å². The molecule has 1 saturated carbocycles. The van der Waals surface area contributed by atoms with E-state index in [4.69, 9.17) is 0 Å². The number of aliphatic hydroxyl groups excluding tert-OH is 1. The average molecular weight is 309 g/mol. The molecule has 0 atom stereocenters. The summed E-state index contributed by atoms with van der Waals surface area (Å²) in [7, 11) is 0. The van der Waals surface area contributed by atoms with Crippen molar-refractivity contribution in [2.75, 3.05) is 0 Å². The molecule has 1 heterocycles. The van der Waals surface area contributed by atoms with Gasteiger partial charge in [0.25, 0.3) is 0 Å². The molecular formula is C14H17BrN2O. The minimum absolute atomic E-state index is 0.108. The van der Waals surface area contributed by atoms with Crippen molar-refractivity contribution >= 4 is 27.0 Å². The number of aliphatic hydroxyl groups is 1. The molecule has 2 aromatic rings. The summed E-state index contributed by atoms with van der Waals surface area (Å²) in [5.41, 5.74) is 2.25. The monoisotopic (exact) mass is 308 g/mol. The maximum atomic E-state index is 9.62. The molecule has 0 bridgehead atoms. The van der Waals surface area contributed by atoms with E-state index in [2.05, 4.69) is 44.5 Å². The molecule has 1 aromatic heterocycles. The number of fused-ring (bicyclic) bond motifs is 1. The van der Waals surface area contributed by atoms with Crippen LogP contribution in [0.1, 0.15) is 37.5 Å². The average Bonchev–Trinajstić information content (AvgIpc) is 2.66. The summed E-state index contributed by atoms with van der Waals surface area (Å²) in [4.78, 5) is 4.63. The van der Waals surface area contributed by atoms with Crippen LogP contribution < -0.4 is 0 Å².